The largest absolute Gasteiger partial charge is 0.444 e. The highest BCUT2D eigenvalue weighted by atomic mass is 19.1. The number of nitrogens with one attached hydrogen (secondary N) is 1. The zero-order valence-electron chi connectivity index (χ0n) is 20.2. The molecule has 2 aromatic carbocycles. The monoisotopic (exact) mass is 476 g/mol. The third kappa shape index (κ3) is 6.80. The van der Waals surface area contributed by atoms with E-state index in [1.165, 1.54) is 17.0 Å². The lowest BCUT2D eigenvalue weighted by Gasteiger charge is -2.36. The van der Waals surface area contributed by atoms with E-state index >= 15 is 0 Å². The summed E-state index contributed by atoms with van der Waals surface area (Å²) in [5, 5.41) is 21.3. The first-order chi connectivity index (χ1) is 16.6. The summed E-state index contributed by atoms with van der Waals surface area (Å²) < 4.78 is 19.4. The molecule has 3 rings (SSSR count). The number of nitriles is 2. The Bertz CT molecular complexity index is 1160. The molecule has 0 radical (unpaired) electrons. The Kier molecular flexibility index (Phi) is 8.09. The quantitative estimate of drug-likeness (QED) is 0.673. The summed E-state index contributed by atoms with van der Waals surface area (Å²) in [5.74, 6) is -0.948. The molecule has 2 atom stereocenters. The third-order valence-corrected chi connectivity index (χ3v) is 5.72. The molecule has 1 saturated heterocycles. The highest BCUT2D eigenvalue weighted by Gasteiger charge is 2.35. The summed E-state index contributed by atoms with van der Waals surface area (Å²) in [5.41, 5.74) is 1.55. The molecular formula is C27H29FN4O3. The van der Waals surface area contributed by atoms with Crippen LogP contribution >= 0.6 is 0 Å². The molecule has 35 heavy (non-hydrogen) atoms. The number of hydrogen-bond acceptors (Lipinski definition) is 5. The minimum atomic E-state index is -0.775. The van der Waals surface area contributed by atoms with Gasteiger partial charge in [0, 0.05) is 13.0 Å². The second-order valence-corrected chi connectivity index (χ2v) is 9.58. The van der Waals surface area contributed by atoms with E-state index in [1.54, 1.807) is 45.0 Å². The Balaban J connectivity index is 1.65. The number of piperidine rings is 1. The normalized spacial score (nSPS) is 16.5. The third-order valence-electron chi connectivity index (χ3n) is 5.72. The van der Waals surface area contributed by atoms with Crippen molar-refractivity contribution in [2.45, 2.75) is 64.1 Å². The van der Waals surface area contributed by atoms with E-state index in [-0.39, 0.29) is 17.9 Å². The van der Waals surface area contributed by atoms with Crippen LogP contribution in [-0.2, 0) is 16.0 Å². The molecule has 1 N–H and O–H groups in total. The number of carbonyl (C=O) groups is 2. The number of amides is 2. The van der Waals surface area contributed by atoms with Crippen molar-refractivity contribution in [3.63, 3.8) is 0 Å². The maximum atomic E-state index is 13.9. The van der Waals surface area contributed by atoms with Crippen molar-refractivity contribution in [3.05, 3.63) is 59.4 Å². The minimum Gasteiger partial charge on any atom is -0.444 e. The summed E-state index contributed by atoms with van der Waals surface area (Å²) >= 11 is 0. The van der Waals surface area contributed by atoms with E-state index in [9.17, 15) is 19.2 Å². The van der Waals surface area contributed by atoms with Gasteiger partial charge in [-0.15, -0.1) is 0 Å². The average molecular weight is 477 g/mol. The van der Waals surface area contributed by atoms with E-state index in [2.05, 4.69) is 11.4 Å². The lowest BCUT2D eigenvalue weighted by Crippen LogP contribution is -2.54. The van der Waals surface area contributed by atoms with Crippen LogP contribution in [0, 0.1) is 28.5 Å². The molecule has 1 heterocycles. The summed E-state index contributed by atoms with van der Waals surface area (Å²) in [6, 6.07) is 14.1. The maximum absolute atomic E-state index is 13.9. The van der Waals surface area contributed by atoms with Gasteiger partial charge in [0.2, 0.25) is 5.91 Å². The van der Waals surface area contributed by atoms with Gasteiger partial charge in [0.25, 0.3) is 0 Å². The van der Waals surface area contributed by atoms with Crippen LogP contribution in [-0.4, -0.2) is 41.1 Å². The van der Waals surface area contributed by atoms with Gasteiger partial charge in [0.15, 0.2) is 0 Å². The lowest BCUT2D eigenvalue weighted by atomic mass is 9.99. The number of carbonyl (C=O) groups excluding carboxylic acids is 2. The average Bonchev–Trinajstić information content (AvgIpc) is 2.83. The first-order valence-corrected chi connectivity index (χ1v) is 11.6. The van der Waals surface area contributed by atoms with E-state index in [1.807, 2.05) is 12.1 Å². The van der Waals surface area contributed by atoms with E-state index in [0.717, 1.165) is 24.0 Å². The molecule has 0 aliphatic carbocycles. The van der Waals surface area contributed by atoms with Crippen LogP contribution in [0.1, 0.15) is 51.2 Å². The van der Waals surface area contributed by atoms with Gasteiger partial charge in [0.05, 0.1) is 11.6 Å². The fraction of sp³-hybridized carbons (Fsp3) is 0.407. The van der Waals surface area contributed by atoms with Crippen molar-refractivity contribution in [2.75, 3.05) is 6.54 Å². The van der Waals surface area contributed by atoms with E-state index in [0.29, 0.717) is 18.5 Å². The number of benzene rings is 2. The van der Waals surface area contributed by atoms with Crippen molar-refractivity contribution < 1.29 is 18.7 Å². The van der Waals surface area contributed by atoms with Crippen LogP contribution in [0.25, 0.3) is 11.1 Å². The molecule has 2 unspecified atom stereocenters. The van der Waals surface area contributed by atoms with Crippen LogP contribution in [0.4, 0.5) is 9.18 Å². The number of rotatable bonds is 5. The summed E-state index contributed by atoms with van der Waals surface area (Å²) in [6.07, 6.45) is 1.87. The number of halogens is 1. The van der Waals surface area contributed by atoms with Gasteiger partial charge in [-0.1, -0.05) is 30.3 Å². The Morgan fingerprint density at radius 1 is 1.14 bits per heavy atom. The molecule has 0 spiro atoms. The zero-order valence-corrected chi connectivity index (χ0v) is 20.2. The van der Waals surface area contributed by atoms with Crippen LogP contribution in [0.2, 0.25) is 0 Å². The molecule has 182 valence electrons. The molecule has 8 heteroatoms. The number of likely N-dealkylation sites (tertiary alicyclic amines) is 1. The second-order valence-electron chi connectivity index (χ2n) is 9.58. The predicted molar refractivity (Wildman–Crippen MR) is 128 cm³/mol. The van der Waals surface area contributed by atoms with Gasteiger partial charge in [-0.2, -0.15) is 10.5 Å². The molecule has 2 aromatic rings. The minimum absolute atomic E-state index is 0.0128. The Hall–Kier alpha value is -3.91. The van der Waals surface area contributed by atoms with Gasteiger partial charge in [-0.05, 0) is 68.9 Å². The van der Waals surface area contributed by atoms with Gasteiger partial charge in [-0.3, -0.25) is 9.69 Å². The van der Waals surface area contributed by atoms with Crippen molar-refractivity contribution in [1.82, 2.24) is 10.2 Å². The van der Waals surface area contributed by atoms with Gasteiger partial charge in [-0.25, -0.2) is 9.18 Å². The molecule has 0 bridgehead atoms. The molecular weight excluding hydrogens is 447 g/mol. The summed E-state index contributed by atoms with van der Waals surface area (Å²) in [4.78, 5) is 27.0. The highest BCUT2D eigenvalue weighted by Crippen LogP contribution is 2.23. The smallest absolute Gasteiger partial charge is 0.410 e. The van der Waals surface area contributed by atoms with Crippen molar-refractivity contribution in [2.24, 2.45) is 0 Å². The molecule has 7 nitrogen and oxygen atoms in total. The first-order valence-electron chi connectivity index (χ1n) is 11.6. The first kappa shape index (κ1) is 25.7. The summed E-state index contributed by atoms with van der Waals surface area (Å²) in [7, 11) is 0. The lowest BCUT2D eigenvalue weighted by molar-refractivity contribution is -0.128. The van der Waals surface area contributed by atoms with Gasteiger partial charge < -0.3 is 10.1 Å². The van der Waals surface area contributed by atoms with E-state index < -0.39 is 29.6 Å². The molecule has 1 aliphatic rings. The summed E-state index contributed by atoms with van der Waals surface area (Å²) in [6.45, 7) is 5.76. The van der Waals surface area contributed by atoms with Crippen LogP contribution in [0.3, 0.4) is 0 Å². The molecule has 1 aliphatic heterocycles. The Labute approximate surface area is 205 Å². The SMILES string of the molecule is CC(C)(C)OC(=O)N1CCCCC1C(=O)NC(C#N)Cc1ccc(-c2ccc(C#N)c(F)c2)cc1. The topological polar surface area (TPSA) is 106 Å². The standard InChI is InChI=1S/C27H29FN4O3/c1-27(2,3)35-26(34)32-13-5-4-6-24(32)25(33)31-22(17-30)14-18-7-9-19(10-8-18)20-11-12-21(16-29)23(28)15-20/h7-12,15,22,24H,4-6,13-14H2,1-3H3,(H,31,33). The van der Waals surface area contributed by atoms with E-state index in [4.69, 9.17) is 10.00 Å². The highest BCUT2D eigenvalue weighted by molar-refractivity contribution is 5.86. The molecule has 2 amide bonds. The number of nitrogens with zero attached hydrogens (tertiary/aromatic N) is 3. The zero-order chi connectivity index (χ0) is 25.6. The Morgan fingerprint density at radius 2 is 1.83 bits per heavy atom. The van der Waals surface area contributed by atoms with Crippen molar-refractivity contribution in [1.29, 1.82) is 10.5 Å². The Morgan fingerprint density at radius 3 is 2.43 bits per heavy atom. The molecule has 0 aromatic heterocycles. The maximum Gasteiger partial charge on any atom is 0.410 e. The fourth-order valence-corrected chi connectivity index (χ4v) is 3.99. The molecule has 0 saturated carbocycles. The van der Waals surface area contributed by atoms with Crippen molar-refractivity contribution >= 4 is 12.0 Å². The van der Waals surface area contributed by atoms with Crippen LogP contribution in [0.15, 0.2) is 42.5 Å². The molecule has 1 fully saturated rings. The van der Waals surface area contributed by atoms with Crippen LogP contribution < -0.4 is 5.32 Å². The second kappa shape index (κ2) is 11.0. The van der Waals surface area contributed by atoms with Gasteiger partial charge >= 0.3 is 6.09 Å². The number of ether oxygens (including phenoxy) is 1. The number of hydrogen-bond donors (Lipinski definition) is 1. The van der Waals surface area contributed by atoms with Gasteiger partial charge in [0.1, 0.15) is 29.6 Å². The van der Waals surface area contributed by atoms with Crippen molar-refractivity contribution in [3.8, 4) is 23.3 Å². The van der Waals surface area contributed by atoms with Crippen LogP contribution in [0.5, 0.6) is 0 Å². The fourth-order valence-electron chi connectivity index (χ4n) is 3.99. The predicted octanol–water partition coefficient (Wildman–Crippen LogP) is 4.70.